The van der Waals surface area contributed by atoms with Gasteiger partial charge in [-0.3, -0.25) is 14.6 Å². The summed E-state index contributed by atoms with van der Waals surface area (Å²) in [6, 6.07) is 22.2. The Morgan fingerprint density at radius 3 is 2.47 bits per heavy atom. The Labute approximate surface area is 179 Å². The van der Waals surface area contributed by atoms with Crippen molar-refractivity contribution in [2.24, 2.45) is 0 Å². The van der Waals surface area contributed by atoms with Crippen LogP contribution in [0.25, 0.3) is 16.9 Å². The number of amides is 1. The molecule has 148 valence electrons. The average molecular weight is 416 g/mol. The fourth-order valence-electron chi connectivity index (χ4n) is 3.35. The fourth-order valence-corrected chi connectivity index (χ4v) is 3.54. The van der Waals surface area contributed by atoms with Crippen LogP contribution in [0.5, 0.6) is 0 Å². The predicted octanol–water partition coefficient (Wildman–Crippen LogP) is 5.32. The molecule has 0 aliphatic carbocycles. The maximum atomic E-state index is 13.0. The van der Waals surface area contributed by atoms with Crippen LogP contribution in [-0.2, 0) is 4.79 Å². The molecule has 1 N–H and O–H groups in total. The zero-order valence-corrected chi connectivity index (χ0v) is 16.9. The minimum atomic E-state index is -0.714. The topological polar surface area (TPSA) is 64.0 Å². The van der Waals surface area contributed by atoms with Crippen molar-refractivity contribution in [3.63, 3.8) is 0 Å². The molecule has 0 atom stereocenters. The van der Waals surface area contributed by atoms with Crippen LogP contribution >= 0.6 is 11.6 Å². The van der Waals surface area contributed by atoms with Crippen molar-refractivity contribution < 1.29 is 9.59 Å². The van der Waals surface area contributed by atoms with Gasteiger partial charge in [0.05, 0.1) is 17.6 Å². The van der Waals surface area contributed by atoms with Crippen molar-refractivity contribution >= 4 is 29.0 Å². The lowest BCUT2D eigenvalue weighted by Gasteiger charge is -2.12. The second-order valence-corrected chi connectivity index (χ2v) is 7.17. The standard InChI is InChI=1S/C24H18ClN3O2/c1-16-21(23(29)24(30)27-19-10-6-12-26-15-19)14-22(17-7-3-2-4-8-17)28(16)20-11-5-9-18(25)13-20/h2-15H,1H3,(H,27,30). The molecule has 0 aliphatic rings. The molecule has 2 heterocycles. The number of carbonyl (C=O) groups excluding carboxylic acids is 2. The smallest absolute Gasteiger partial charge is 0.296 e. The Bertz CT molecular complexity index is 1220. The first kappa shape index (κ1) is 19.6. The molecule has 4 rings (SSSR count). The number of carbonyl (C=O) groups is 2. The summed E-state index contributed by atoms with van der Waals surface area (Å²) in [6.45, 7) is 1.82. The lowest BCUT2D eigenvalue weighted by atomic mass is 10.1. The van der Waals surface area contributed by atoms with E-state index in [1.54, 1.807) is 30.5 Å². The van der Waals surface area contributed by atoms with Crippen LogP contribution in [0.15, 0.2) is 85.2 Å². The molecule has 0 spiro atoms. The summed E-state index contributed by atoms with van der Waals surface area (Å²) in [5.74, 6) is -1.33. The first-order valence-electron chi connectivity index (χ1n) is 9.34. The number of hydrogen-bond acceptors (Lipinski definition) is 3. The Kier molecular flexibility index (Phi) is 5.46. The highest BCUT2D eigenvalue weighted by Crippen LogP contribution is 2.30. The van der Waals surface area contributed by atoms with Gasteiger partial charge in [-0.25, -0.2) is 0 Å². The summed E-state index contributed by atoms with van der Waals surface area (Å²) < 4.78 is 1.94. The van der Waals surface area contributed by atoms with Crippen LogP contribution < -0.4 is 5.32 Å². The lowest BCUT2D eigenvalue weighted by molar-refractivity contribution is -0.112. The third-order valence-electron chi connectivity index (χ3n) is 4.75. The molecule has 30 heavy (non-hydrogen) atoms. The Hall–Kier alpha value is -3.70. The second kappa shape index (κ2) is 8.35. The lowest BCUT2D eigenvalue weighted by Crippen LogP contribution is -2.23. The van der Waals surface area contributed by atoms with E-state index in [1.165, 1.54) is 6.20 Å². The minimum absolute atomic E-state index is 0.329. The molecular formula is C24H18ClN3O2. The average Bonchev–Trinajstić information content (AvgIpc) is 3.11. The molecule has 4 aromatic rings. The first-order valence-corrected chi connectivity index (χ1v) is 9.72. The van der Waals surface area contributed by atoms with Gasteiger partial charge in [-0.05, 0) is 48.9 Å². The summed E-state index contributed by atoms with van der Waals surface area (Å²) in [5.41, 5.74) is 3.98. The van der Waals surface area contributed by atoms with Crippen LogP contribution in [0.4, 0.5) is 5.69 Å². The van der Waals surface area contributed by atoms with Crippen LogP contribution in [-0.4, -0.2) is 21.2 Å². The van der Waals surface area contributed by atoms with E-state index >= 15 is 0 Å². The number of aromatic nitrogens is 2. The number of Topliss-reactive ketones (excluding diaryl/α,β-unsaturated/α-hetero) is 1. The molecule has 0 aliphatic heterocycles. The maximum Gasteiger partial charge on any atom is 0.296 e. The number of nitrogens with zero attached hydrogens (tertiary/aromatic N) is 2. The second-order valence-electron chi connectivity index (χ2n) is 6.73. The number of halogens is 1. The fraction of sp³-hybridized carbons (Fsp3) is 0.0417. The van der Waals surface area contributed by atoms with Crippen LogP contribution in [0.2, 0.25) is 5.02 Å². The number of hydrogen-bond donors (Lipinski definition) is 1. The molecule has 2 aromatic carbocycles. The van der Waals surface area contributed by atoms with E-state index in [9.17, 15) is 9.59 Å². The monoisotopic (exact) mass is 415 g/mol. The Morgan fingerprint density at radius 2 is 1.77 bits per heavy atom. The number of ketones is 1. The third kappa shape index (κ3) is 3.88. The van der Waals surface area contributed by atoms with E-state index in [0.717, 1.165) is 16.9 Å². The van der Waals surface area contributed by atoms with Gasteiger partial charge in [0, 0.05) is 28.2 Å². The molecular weight excluding hydrogens is 398 g/mol. The number of benzene rings is 2. The molecule has 0 fully saturated rings. The SMILES string of the molecule is Cc1c(C(=O)C(=O)Nc2cccnc2)cc(-c2ccccc2)n1-c1cccc(Cl)c1. The van der Waals surface area contributed by atoms with Gasteiger partial charge in [0.2, 0.25) is 0 Å². The Balaban J connectivity index is 1.79. The molecule has 0 saturated heterocycles. The van der Waals surface area contributed by atoms with Crippen molar-refractivity contribution in [2.45, 2.75) is 6.92 Å². The Morgan fingerprint density at radius 1 is 0.967 bits per heavy atom. The van der Waals surface area contributed by atoms with E-state index in [-0.39, 0.29) is 0 Å². The normalized spacial score (nSPS) is 10.6. The van der Waals surface area contributed by atoms with E-state index < -0.39 is 11.7 Å². The van der Waals surface area contributed by atoms with Gasteiger partial charge in [-0.15, -0.1) is 0 Å². The number of pyridine rings is 1. The van der Waals surface area contributed by atoms with Crippen molar-refractivity contribution in [3.05, 3.63) is 101 Å². The molecule has 1 amide bonds. The first-order chi connectivity index (χ1) is 14.5. The highest BCUT2D eigenvalue weighted by atomic mass is 35.5. The van der Waals surface area contributed by atoms with E-state index in [2.05, 4.69) is 10.3 Å². The van der Waals surface area contributed by atoms with Crippen molar-refractivity contribution in [3.8, 4) is 16.9 Å². The van der Waals surface area contributed by atoms with Crippen LogP contribution in [0, 0.1) is 6.92 Å². The molecule has 0 radical (unpaired) electrons. The summed E-state index contributed by atoms with van der Waals surface area (Å²) in [4.78, 5) is 29.5. The molecule has 0 saturated carbocycles. The van der Waals surface area contributed by atoms with Crippen molar-refractivity contribution in [1.82, 2.24) is 9.55 Å². The van der Waals surface area contributed by atoms with E-state index in [1.807, 2.05) is 60.0 Å². The highest BCUT2D eigenvalue weighted by molar-refractivity contribution is 6.47. The van der Waals surface area contributed by atoms with Gasteiger partial charge >= 0.3 is 0 Å². The minimum Gasteiger partial charge on any atom is -0.318 e. The highest BCUT2D eigenvalue weighted by Gasteiger charge is 2.24. The van der Waals surface area contributed by atoms with Gasteiger partial charge < -0.3 is 9.88 Å². The number of nitrogens with one attached hydrogen (secondary N) is 1. The van der Waals surface area contributed by atoms with Gasteiger partial charge in [0.25, 0.3) is 11.7 Å². The summed E-state index contributed by atoms with van der Waals surface area (Å²) in [6.07, 6.45) is 3.09. The van der Waals surface area contributed by atoms with Crippen LogP contribution in [0.1, 0.15) is 16.1 Å². The maximum absolute atomic E-state index is 13.0. The molecule has 5 nitrogen and oxygen atoms in total. The quantitative estimate of drug-likeness (QED) is 0.354. The zero-order chi connectivity index (χ0) is 21.1. The number of anilines is 1. The number of rotatable bonds is 5. The van der Waals surface area contributed by atoms with Gasteiger partial charge in [-0.1, -0.05) is 48.0 Å². The molecule has 6 heteroatoms. The van der Waals surface area contributed by atoms with E-state index in [4.69, 9.17) is 11.6 Å². The third-order valence-corrected chi connectivity index (χ3v) is 4.99. The molecule has 0 bridgehead atoms. The summed E-state index contributed by atoms with van der Waals surface area (Å²) >= 11 is 6.21. The van der Waals surface area contributed by atoms with Gasteiger partial charge in [-0.2, -0.15) is 0 Å². The van der Waals surface area contributed by atoms with Gasteiger partial charge in [0.15, 0.2) is 0 Å². The molecule has 2 aromatic heterocycles. The van der Waals surface area contributed by atoms with E-state index in [0.29, 0.717) is 22.0 Å². The summed E-state index contributed by atoms with van der Waals surface area (Å²) in [7, 11) is 0. The predicted molar refractivity (Wildman–Crippen MR) is 118 cm³/mol. The molecule has 0 unspecified atom stereocenters. The largest absolute Gasteiger partial charge is 0.318 e. The summed E-state index contributed by atoms with van der Waals surface area (Å²) in [5, 5.41) is 3.19. The van der Waals surface area contributed by atoms with Crippen molar-refractivity contribution in [1.29, 1.82) is 0 Å². The van der Waals surface area contributed by atoms with Crippen LogP contribution in [0.3, 0.4) is 0 Å². The van der Waals surface area contributed by atoms with Crippen molar-refractivity contribution in [2.75, 3.05) is 5.32 Å². The van der Waals surface area contributed by atoms with Gasteiger partial charge in [0.1, 0.15) is 0 Å². The zero-order valence-electron chi connectivity index (χ0n) is 16.2.